The molecule has 0 radical (unpaired) electrons. The first-order valence-electron chi connectivity index (χ1n) is 8.16. The zero-order chi connectivity index (χ0) is 17.8. The van der Waals surface area contributed by atoms with Crippen molar-refractivity contribution >= 4 is 5.91 Å². The molecule has 1 saturated heterocycles. The van der Waals surface area contributed by atoms with E-state index in [9.17, 15) is 18.7 Å². The van der Waals surface area contributed by atoms with Crippen LogP contribution in [0.2, 0.25) is 0 Å². The first-order chi connectivity index (χ1) is 12.0. The second-order valence-corrected chi connectivity index (χ2v) is 6.23. The number of halogens is 2. The Hall–Kier alpha value is -2.48. The summed E-state index contributed by atoms with van der Waals surface area (Å²) in [6.07, 6.45) is -0.928. The molecular weight excluding hydrogens is 330 g/mol. The summed E-state index contributed by atoms with van der Waals surface area (Å²) in [6.45, 7) is 2.24. The van der Waals surface area contributed by atoms with Crippen molar-refractivity contribution in [1.29, 1.82) is 0 Å². The number of H-pyrrole nitrogens is 1. The number of hydrogen-bond donors (Lipinski definition) is 3. The number of aromatic amines is 1. The van der Waals surface area contributed by atoms with E-state index in [1.807, 2.05) is 6.07 Å². The molecule has 1 aliphatic heterocycles. The van der Waals surface area contributed by atoms with Gasteiger partial charge < -0.3 is 10.4 Å². The van der Waals surface area contributed by atoms with Crippen molar-refractivity contribution in [2.75, 3.05) is 13.1 Å². The molecule has 3 N–H and O–H groups in total. The number of nitrogens with one attached hydrogen (secondary N) is 2. The molecule has 134 valence electrons. The van der Waals surface area contributed by atoms with Gasteiger partial charge in [-0.15, -0.1) is 0 Å². The van der Waals surface area contributed by atoms with Crippen LogP contribution in [0.5, 0.6) is 5.75 Å². The lowest BCUT2D eigenvalue weighted by Crippen LogP contribution is -2.47. The van der Waals surface area contributed by atoms with Crippen molar-refractivity contribution in [3.8, 4) is 5.75 Å². The lowest BCUT2D eigenvalue weighted by atomic mass is 10.0. The standard InChI is InChI=1S/C17H20F2N4O2/c18-16(19)14-8-15(22-21-14)17(25)20-12-4-2-6-23(10-12)9-11-3-1-5-13(24)7-11/h1,3,5,7-8,12,16,24H,2,4,6,9-10H2,(H,20,25)(H,21,22). The molecule has 2 heterocycles. The summed E-state index contributed by atoms with van der Waals surface area (Å²) in [5.74, 6) is -0.222. The zero-order valence-corrected chi connectivity index (χ0v) is 13.6. The number of nitrogens with zero attached hydrogens (tertiary/aromatic N) is 2. The van der Waals surface area contributed by atoms with E-state index in [-0.39, 0.29) is 23.2 Å². The number of phenolic OH excluding ortho intramolecular Hbond substituents is 1. The number of phenols is 1. The van der Waals surface area contributed by atoms with Gasteiger partial charge in [-0.25, -0.2) is 8.78 Å². The van der Waals surface area contributed by atoms with Crippen LogP contribution in [0.15, 0.2) is 30.3 Å². The molecule has 2 aromatic rings. The highest BCUT2D eigenvalue weighted by atomic mass is 19.3. The van der Waals surface area contributed by atoms with Crippen LogP contribution in [0, 0.1) is 0 Å². The van der Waals surface area contributed by atoms with Crippen LogP contribution in [0.1, 0.15) is 41.0 Å². The van der Waals surface area contributed by atoms with Gasteiger partial charge in [-0.2, -0.15) is 5.10 Å². The van der Waals surface area contributed by atoms with Gasteiger partial charge in [0.15, 0.2) is 0 Å². The largest absolute Gasteiger partial charge is 0.508 e. The molecule has 0 spiro atoms. The van der Waals surface area contributed by atoms with Crippen molar-refractivity contribution in [3.63, 3.8) is 0 Å². The number of aromatic hydroxyl groups is 1. The number of carbonyl (C=O) groups is 1. The number of hydrogen-bond acceptors (Lipinski definition) is 4. The second kappa shape index (κ2) is 7.60. The maximum atomic E-state index is 12.6. The van der Waals surface area contributed by atoms with Gasteiger partial charge in [-0.3, -0.25) is 14.8 Å². The summed E-state index contributed by atoms with van der Waals surface area (Å²) in [5, 5.41) is 18.2. The summed E-state index contributed by atoms with van der Waals surface area (Å²) in [4.78, 5) is 14.4. The molecule has 3 rings (SSSR count). The first kappa shape index (κ1) is 17.3. The van der Waals surface area contributed by atoms with E-state index in [1.165, 1.54) is 0 Å². The molecule has 25 heavy (non-hydrogen) atoms. The predicted octanol–water partition coefficient (Wildman–Crippen LogP) is 2.45. The van der Waals surface area contributed by atoms with Crippen LogP contribution in [0.4, 0.5) is 8.78 Å². The molecule has 8 heteroatoms. The van der Waals surface area contributed by atoms with Crippen LogP contribution in [0.25, 0.3) is 0 Å². The van der Waals surface area contributed by atoms with Gasteiger partial charge in [0.2, 0.25) is 0 Å². The third kappa shape index (κ3) is 4.54. The predicted molar refractivity (Wildman–Crippen MR) is 87.4 cm³/mol. The van der Waals surface area contributed by atoms with Crippen LogP contribution < -0.4 is 5.32 Å². The van der Waals surface area contributed by atoms with E-state index in [0.717, 1.165) is 31.0 Å². The van der Waals surface area contributed by atoms with Gasteiger partial charge in [0, 0.05) is 19.1 Å². The summed E-state index contributed by atoms with van der Waals surface area (Å²) in [5.41, 5.74) is 0.612. The van der Waals surface area contributed by atoms with E-state index in [0.29, 0.717) is 13.1 Å². The van der Waals surface area contributed by atoms with Gasteiger partial charge in [0.25, 0.3) is 12.3 Å². The topological polar surface area (TPSA) is 81.3 Å². The third-order valence-corrected chi connectivity index (χ3v) is 4.22. The minimum Gasteiger partial charge on any atom is -0.508 e. The molecular formula is C17H20F2N4O2. The molecule has 6 nitrogen and oxygen atoms in total. The van der Waals surface area contributed by atoms with Gasteiger partial charge in [0.1, 0.15) is 17.1 Å². The summed E-state index contributed by atoms with van der Waals surface area (Å²) < 4.78 is 25.1. The third-order valence-electron chi connectivity index (χ3n) is 4.22. The Bertz CT molecular complexity index is 735. The molecule has 1 aliphatic rings. The molecule has 1 aromatic carbocycles. The number of likely N-dealkylation sites (tertiary alicyclic amines) is 1. The van der Waals surface area contributed by atoms with E-state index >= 15 is 0 Å². The number of rotatable bonds is 5. The Balaban J connectivity index is 1.56. The monoisotopic (exact) mass is 350 g/mol. The van der Waals surface area contributed by atoms with Crippen molar-refractivity contribution < 1.29 is 18.7 Å². The minimum atomic E-state index is -2.68. The highest BCUT2D eigenvalue weighted by molar-refractivity contribution is 5.92. The Labute approximate surface area is 143 Å². The molecule has 1 atom stereocenters. The Morgan fingerprint density at radius 3 is 3.00 bits per heavy atom. The number of piperidine rings is 1. The quantitative estimate of drug-likeness (QED) is 0.774. The fourth-order valence-electron chi connectivity index (χ4n) is 3.05. The number of aromatic nitrogens is 2. The Morgan fingerprint density at radius 1 is 1.44 bits per heavy atom. The normalized spacial score (nSPS) is 18.4. The average molecular weight is 350 g/mol. The smallest absolute Gasteiger partial charge is 0.279 e. The van der Waals surface area contributed by atoms with Gasteiger partial charge >= 0.3 is 0 Å². The van der Waals surface area contributed by atoms with Gasteiger partial charge in [-0.05, 0) is 43.1 Å². The number of benzene rings is 1. The highest BCUT2D eigenvalue weighted by Gasteiger charge is 2.23. The van der Waals surface area contributed by atoms with Crippen LogP contribution >= 0.6 is 0 Å². The summed E-state index contributed by atoms with van der Waals surface area (Å²) in [6, 6.07) is 8.10. The first-order valence-corrected chi connectivity index (χ1v) is 8.16. The molecule has 1 amide bonds. The van der Waals surface area contributed by atoms with Crippen molar-refractivity contribution in [1.82, 2.24) is 20.4 Å². The van der Waals surface area contributed by atoms with Gasteiger partial charge in [-0.1, -0.05) is 12.1 Å². The van der Waals surface area contributed by atoms with Gasteiger partial charge in [0.05, 0.1) is 0 Å². The van der Waals surface area contributed by atoms with Crippen molar-refractivity contribution in [2.45, 2.75) is 31.9 Å². The number of amides is 1. The molecule has 1 fully saturated rings. The fourth-order valence-corrected chi connectivity index (χ4v) is 3.05. The second-order valence-electron chi connectivity index (χ2n) is 6.23. The van der Waals surface area contributed by atoms with Crippen LogP contribution in [-0.2, 0) is 6.54 Å². The fraction of sp³-hybridized carbons (Fsp3) is 0.412. The molecule has 0 aliphatic carbocycles. The van der Waals surface area contributed by atoms with E-state index in [1.54, 1.807) is 18.2 Å². The highest BCUT2D eigenvalue weighted by Crippen LogP contribution is 2.18. The SMILES string of the molecule is O=C(NC1CCCN(Cc2cccc(O)c2)C1)c1cc(C(F)F)[nH]n1. The summed E-state index contributed by atoms with van der Waals surface area (Å²) >= 11 is 0. The molecule has 0 saturated carbocycles. The van der Waals surface area contributed by atoms with E-state index in [2.05, 4.69) is 20.4 Å². The average Bonchev–Trinajstić information content (AvgIpc) is 3.05. The van der Waals surface area contributed by atoms with Crippen LogP contribution in [-0.4, -0.2) is 45.2 Å². The number of carbonyl (C=O) groups excluding carboxylic acids is 1. The summed E-state index contributed by atoms with van der Waals surface area (Å²) in [7, 11) is 0. The number of alkyl halides is 2. The van der Waals surface area contributed by atoms with E-state index < -0.39 is 12.3 Å². The minimum absolute atomic E-state index is 0.0274. The lowest BCUT2D eigenvalue weighted by Gasteiger charge is -2.33. The molecule has 1 aromatic heterocycles. The van der Waals surface area contributed by atoms with Crippen molar-refractivity contribution in [2.24, 2.45) is 0 Å². The van der Waals surface area contributed by atoms with Crippen molar-refractivity contribution in [3.05, 3.63) is 47.3 Å². The maximum absolute atomic E-state index is 12.6. The lowest BCUT2D eigenvalue weighted by molar-refractivity contribution is 0.0895. The maximum Gasteiger partial charge on any atom is 0.279 e. The molecule has 1 unspecified atom stereocenters. The molecule has 0 bridgehead atoms. The Morgan fingerprint density at radius 2 is 2.28 bits per heavy atom. The van der Waals surface area contributed by atoms with E-state index in [4.69, 9.17) is 0 Å². The van der Waals surface area contributed by atoms with Crippen LogP contribution in [0.3, 0.4) is 0 Å². The Kier molecular flexibility index (Phi) is 5.28. The zero-order valence-electron chi connectivity index (χ0n) is 13.6.